The summed E-state index contributed by atoms with van der Waals surface area (Å²) in [5.74, 6) is 0. The van der Waals surface area contributed by atoms with Crippen LogP contribution in [-0.4, -0.2) is 37.6 Å². The average Bonchev–Trinajstić information content (AvgIpc) is 2.27. The molecule has 1 saturated carbocycles. The molecular formula is C13H26N2. The second-order valence-electron chi connectivity index (χ2n) is 4.74. The number of hydrogen-bond donors (Lipinski definition) is 1. The molecule has 0 amide bonds. The molecule has 0 unspecified atom stereocenters. The van der Waals surface area contributed by atoms with Gasteiger partial charge in [-0.05, 0) is 32.0 Å². The van der Waals surface area contributed by atoms with E-state index in [1.165, 1.54) is 37.7 Å². The van der Waals surface area contributed by atoms with Crippen LogP contribution in [0.4, 0.5) is 0 Å². The number of likely N-dealkylation sites (N-methyl/N-ethyl adjacent to an activating group) is 2. The third-order valence-corrected chi connectivity index (χ3v) is 3.30. The third-order valence-electron chi connectivity index (χ3n) is 3.30. The number of nitrogens with zero attached hydrogens (tertiary/aromatic N) is 1. The fourth-order valence-corrected chi connectivity index (χ4v) is 2.36. The van der Waals surface area contributed by atoms with Gasteiger partial charge in [-0.25, -0.2) is 0 Å². The summed E-state index contributed by atoms with van der Waals surface area (Å²) in [6.07, 6.45) is 7.02. The van der Waals surface area contributed by atoms with Gasteiger partial charge in [-0.2, -0.15) is 0 Å². The monoisotopic (exact) mass is 210 g/mol. The van der Waals surface area contributed by atoms with Crippen molar-refractivity contribution in [2.45, 2.75) is 45.1 Å². The molecular weight excluding hydrogens is 184 g/mol. The molecule has 1 N–H and O–H groups in total. The highest BCUT2D eigenvalue weighted by molar-refractivity contribution is 5.00. The van der Waals surface area contributed by atoms with E-state index >= 15 is 0 Å². The molecule has 1 rings (SSSR count). The molecule has 88 valence electrons. The summed E-state index contributed by atoms with van der Waals surface area (Å²) in [6, 6.07) is 0.803. The van der Waals surface area contributed by atoms with Crippen LogP contribution in [0.2, 0.25) is 0 Å². The summed E-state index contributed by atoms with van der Waals surface area (Å²) < 4.78 is 0. The highest BCUT2D eigenvalue weighted by atomic mass is 15.1. The van der Waals surface area contributed by atoms with Crippen LogP contribution >= 0.6 is 0 Å². The maximum absolute atomic E-state index is 4.12. The first-order chi connectivity index (χ1) is 7.24. The van der Waals surface area contributed by atoms with Crippen molar-refractivity contribution in [1.82, 2.24) is 10.2 Å². The molecule has 1 fully saturated rings. The zero-order chi connectivity index (χ0) is 11.1. The van der Waals surface area contributed by atoms with Crippen molar-refractivity contribution in [3.8, 4) is 0 Å². The number of rotatable bonds is 6. The Morgan fingerprint density at radius 1 is 1.33 bits per heavy atom. The van der Waals surface area contributed by atoms with Crippen molar-refractivity contribution in [2.75, 3.05) is 26.7 Å². The van der Waals surface area contributed by atoms with Crippen molar-refractivity contribution >= 4 is 0 Å². The number of hydrogen-bond acceptors (Lipinski definition) is 2. The van der Waals surface area contributed by atoms with Gasteiger partial charge in [0, 0.05) is 19.1 Å². The quantitative estimate of drug-likeness (QED) is 0.677. The summed E-state index contributed by atoms with van der Waals surface area (Å²) in [4.78, 5) is 2.48. The molecule has 2 heteroatoms. The first-order valence-electron chi connectivity index (χ1n) is 6.31. The molecule has 0 heterocycles. The maximum atomic E-state index is 4.12. The molecule has 0 spiro atoms. The van der Waals surface area contributed by atoms with E-state index in [1.54, 1.807) is 0 Å². The predicted molar refractivity (Wildman–Crippen MR) is 67.2 cm³/mol. The average molecular weight is 210 g/mol. The van der Waals surface area contributed by atoms with Crippen molar-refractivity contribution < 1.29 is 0 Å². The van der Waals surface area contributed by atoms with E-state index in [0.29, 0.717) is 0 Å². The summed E-state index contributed by atoms with van der Waals surface area (Å²) in [7, 11) is 2.24. The SMILES string of the molecule is C=C(CNCC)CN(C)C1CCCCC1. The molecule has 0 radical (unpaired) electrons. The minimum Gasteiger partial charge on any atom is -0.313 e. The van der Waals surface area contributed by atoms with E-state index < -0.39 is 0 Å². The van der Waals surface area contributed by atoms with E-state index in [2.05, 4.69) is 30.8 Å². The van der Waals surface area contributed by atoms with Gasteiger partial charge in [0.25, 0.3) is 0 Å². The Bertz CT molecular complexity index is 183. The van der Waals surface area contributed by atoms with Gasteiger partial charge in [0.15, 0.2) is 0 Å². The smallest absolute Gasteiger partial charge is 0.0202 e. The molecule has 0 aromatic carbocycles. The van der Waals surface area contributed by atoms with E-state index in [9.17, 15) is 0 Å². The van der Waals surface area contributed by atoms with Crippen LogP contribution < -0.4 is 5.32 Å². The van der Waals surface area contributed by atoms with Gasteiger partial charge >= 0.3 is 0 Å². The molecule has 0 aromatic heterocycles. The van der Waals surface area contributed by atoms with Crippen molar-refractivity contribution in [3.05, 3.63) is 12.2 Å². The Labute approximate surface area is 94.7 Å². The van der Waals surface area contributed by atoms with Crippen LogP contribution in [0.1, 0.15) is 39.0 Å². The van der Waals surface area contributed by atoms with Crippen molar-refractivity contribution in [3.63, 3.8) is 0 Å². The fourth-order valence-electron chi connectivity index (χ4n) is 2.36. The summed E-state index contributed by atoms with van der Waals surface area (Å²) in [5, 5.41) is 3.33. The van der Waals surface area contributed by atoms with Gasteiger partial charge in [0.05, 0.1) is 0 Å². The normalized spacial score (nSPS) is 18.3. The standard InChI is InChI=1S/C13H26N2/c1-4-14-10-12(2)11-15(3)13-8-6-5-7-9-13/h13-14H,2,4-11H2,1,3H3. The van der Waals surface area contributed by atoms with Gasteiger partial charge in [-0.15, -0.1) is 0 Å². The van der Waals surface area contributed by atoms with Gasteiger partial charge in [0.1, 0.15) is 0 Å². The highest BCUT2D eigenvalue weighted by Crippen LogP contribution is 2.21. The zero-order valence-corrected chi connectivity index (χ0v) is 10.4. The lowest BCUT2D eigenvalue weighted by molar-refractivity contribution is 0.204. The Morgan fingerprint density at radius 3 is 2.60 bits per heavy atom. The van der Waals surface area contributed by atoms with Gasteiger partial charge in [-0.3, -0.25) is 4.90 Å². The molecule has 0 saturated heterocycles. The van der Waals surface area contributed by atoms with E-state index in [-0.39, 0.29) is 0 Å². The second-order valence-corrected chi connectivity index (χ2v) is 4.74. The van der Waals surface area contributed by atoms with Crippen LogP contribution in [0.3, 0.4) is 0 Å². The van der Waals surface area contributed by atoms with Crippen LogP contribution in [0, 0.1) is 0 Å². The maximum Gasteiger partial charge on any atom is 0.0202 e. The third kappa shape index (κ3) is 4.80. The second kappa shape index (κ2) is 7.02. The lowest BCUT2D eigenvalue weighted by atomic mass is 9.94. The van der Waals surface area contributed by atoms with Crippen molar-refractivity contribution in [1.29, 1.82) is 0 Å². The molecule has 0 aromatic rings. The largest absolute Gasteiger partial charge is 0.313 e. The Morgan fingerprint density at radius 2 is 2.00 bits per heavy atom. The predicted octanol–water partition coefficient (Wildman–Crippen LogP) is 2.42. The van der Waals surface area contributed by atoms with Crippen LogP contribution in [0.5, 0.6) is 0 Å². The van der Waals surface area contributed by atoms with E-state index in [1.807, 2.05) is 0 Å². The Balaban J connectivity index is 2.21. The van der Waals surface area contributed by atoms with E-state index in [4.69, 9.17) is 0 Å². The summed E-state index contributed by atoms with van der Waals surface area (Å²) >= 11 is 0. The molecule has 0 aliphatic heterocycles. The summed E-state index contributed by atoms with van der Waals surface area (Å²) in [5.41, 5.74) is 1.31. The molecule has 1 aliphatic carbocycles. The van der Waals surface area contributed by atoms with Gasteiger partial charge in [-0.1, -0.05) is 32.8 Å². The van der Waals surface area contributed by atoms with Crippen LogP contribution in [-0.2, 0) is 0 Å². The topological polar surface area (TPSA) is 15.3 Å². The fraction of sp³-hybridized carbons (Fsp3) is 0.846. The Kier molecular flexibility index (Phi) is 5.96. The molecule has 0 bridgehead atoms. The Hall–Kier alpha value is -0.340. The lowest BCUT2D eigenvalue weighted by Crippen LogP contribution is -2.36. The van der Waals surface area contributed by atoms with Gasteiger partial charge in [0.2, 0.25) is 0 Å². The molecule has 1 aliphatic rings. The van der Waals surface area contributed by atoms with Crippen LogP contribution in [0.15, 0.2) is 12.2 Å². The summed E-state index contributed by atoms with van der Waals surface area (Å²) in [6.45, 7) is 9.31. The van der Waals surface area contributed by atoms with Gasteiger partial charge < -0.3 is 5.32 Å². The molecule has 15 heavy (non-hydrogen) atoms. The zero-order valence-electron chi connectivity index (χ0n) is 10.4. The van der Waals surface area contributed by atoms with Crippen LogP contribution in [0.25, 0.3) is 0 Å². The minimum atomic E-state index is 0.803. The highest BCUT2D eigenvalue weighted by Gasteiger charge is 2.17. The molecule has 2 nitrogen and oxygen atoms in total. The molecule has 0 atom stereocenters. The first kappa shape index (κ1) is 12.7. The number of nitrogens with one attached hydrogen (secondary N) is 1. The minimum absolute atomic E-state index is 0.803. The van der Waals surface area contributed by atoms with E-state index in [0.717, 1.165) is 25.7 Å². The first-order valence-corrected chi connectivity index (χ1v) is 6.31. The lowest BCUT2D eigenvalue weighted by Gasteiger charge is -2.31. The van der Waals surface area contributed by atoms with Crippen molar-refractivity contribution in [2.24, 2.45) is 0 Å².